The van der Waals surface area contributed by atoms with Crippen LogP contribution in [-0.4, -0.2) is 17.7 Å². The van der Waals surface area contributed by atoms with E-state index in [0.29, 0.717) is 30.0 Å². The number of nitrogens with two attached hydrogens (primary N) is 1. The monoisotopic (exact) mass is 459 g/mol. The Kier molecular flexibility index (Phi) is 7.30. The van der Waals surface area contributed by atoms with Gasteiger partial charge in [0.25, 0.3) is 0 Å². The lowest BCUT2D eigenvalue weighted by Crippen LogP contribution is -2.09. The van der Waals surface area contributed by atoms with Gasteiger partial charge in [0.1, 0.15) is 17.9 Å². The van der Waals surface area contributed by atoms with Gasteiger partial charge in [-0.25, -0.2) is 0 Å². The average Bonchev–Trinajstić information content (AvgIpc) is 3.31. The van der Waals surface area contributed by atoms with Crippen molar-refractivity contribution in [1.82, 2.24) is 0 Å². The van der Waals surface area contributed by atoms with Crippen LogP contribution in [0.2, 0.25) is 0 Å². The molecule has 4 rings (SSSR count). The van der Waals surface area contributed by atoms with Crippen molar-refractivity contribution >= 4 is 16.9 Å². The molecular formula is C28H29NO5. The summed E-state index contributed by atoms with van der Waals surface area (Å²) >= 11 is 0. The van der Waals surface area contributed by atoms with E-state index in [1.165, 1.54) is 0 Å². The van der Waals surface area contributed by atoms with E-state index < -0.39 is 6.10 Å². The minimum Gasteiger partial charge on any atom is -0.489 e. The number of carbonyl (C=O) groups excluding carboxylic acids is 1. The van der Waals surface area contributed by atoms with E-state index in [-0.39, 0.29) is 19.0 Å². The number of benzene rings is 3. The van der Waals surface area contributed by atoms with Gasteiger partial charge in [-0.05, 0) is 66.4 Å². The van der Waals surface area contributed by atoms with E-state index in [1.54, 1.807) is 38.3 Å². The summed E-state index contributed by atoms with van der Waals surface area (Å²) in [7, 11) is 0. The van der Waals surface area contributed by atoms with Gasteiger partial charge in [0.2, 0.25) is 0 Å². The molecular weight excluding hydrogens is 430 g/mol. The zero-order valence-electron chi connectivity index (χ0n) is 19.4. The zero-order chi connectivity index (χ0) is 24.1. The third-order valence-corrected chi connectivity index (χ3v) is 5.69. The molecule has 34 heavy (non-hydrogen) atoms. The molecule has 0 fully saturated rings. The highest BCUT2D eigenvalue weighted by molar-refractivity contribution is 5.93. The molecule has 0 amide bonds. The van der Waals surface area contributed by atoms with Gasteiger partial charge in [-0.1, -0.05) is 30.3 Å². The zero-order valence-corrected chi connectivity index (χ0v) is 19.4. The predicted octanol–water partition coefficient (Wildman–Crippen LogP) is 5.30. The highest BCUT2D eigenvalue weighted by Crippen LogP contribution is 2.33. The van der Waals surface area contributed by atoms with Gasteiger partial charge >= 0.3 is 5.97 Å². The number of fused-ring (bicyclic) bond motifs is 1. The smallest absolute Gasteiger partial charge is 0.310 e. The molecule has 6 heteroatoms. The Morgan fingerprint density at radius 1 is 1.09 bits per heavy atom. The summed E-state index contributed by atoms with van der Waals surface area (Å²) in [6.45, 7) is 4.53. The molecule has 1 atom stereocenters. The Labute approximate surface area is 198 Å². The van der Waals surface area contributed by atoms with Crippen molar-refractivity contribution < 1.29 is 23.8 Å². The van der Waals surface area contributed by atoms with Crippen LogP contribution in [0.1, 0.15) is 42.2 Å². The number of furan rings is 1. The van der Waals surface area contributed by atoms with Crippen molar-refractivity contribution in [3.05, 3.63) is 89.2 Å². The number of aliphatic hydroxyl groups is 1. The molecule has 3 N–H and O–H groups in total. The molecule has 0 saturated carbocycles. The molecule has 3 aromatic carbocycles. The largest absolute Gasteiger partial charge is 0.489 e. The molecule has 0 spiro atoms. The van der Waals surface area contributed by atoms with E-state index in [4.69, 9.17) is 19.6 Å². The van der Waals surface area contributed by atoms with Crippen LogP contribution in [0.25, 0.3) is 22.1 Å². The number of rotatable bonds is 9. The molecule has 1 unspecified atom stereocenters. The van der Waals surface area contributed by atoms with Crippen molar-refractivity contribution in [1.29, 1.82) is 0 Å². The fourth-order valence-corrected chi connectivity index (χ4v) is 3.95. The van der Waals surface area contributed by atoms with Gasteiger partial charge in [-0.2, -0.15) is 0 Å². The summed E-state index contributed by atoms with van der Waals surface area (Å²) in [5.41, 5.74) is 12.0. The van der Waals surface area contributed by atoms with Crippen molar-refractivity contribution in [2.75, 3.05) is 6.61 Å². The quantitative estimate of drug-likeness (QED) is 0.330. The van der Waals surface area contributed by atoms with Gasteiger partial charge in [0.15, 0.2) is 0 Å². The Morgan fingerprint density at radius 2 is 1.94 bits per heavy atom. The number of esters is 1. The van der Waals surface area contributed by atoms with Gasteiger partial charge < -0.3 is 24.7 Å². The number of carbonyl (C=O) groups is 1. The van der Waals surface area contributed by atoms with E-state index >= 15 is 0 Å². The number of ether oxygens (including phenoxy) is 2. The lowest BCUT2D eigenvalue weighted by Gasteiger charge is -2.15. The first-order valence-corrected chi connectivity index (χ1v) is 11.4. The minimum atomic E-state index is -0.650. The number of hydrogen-bond donors (Lipinski definition) is 2. The van der Waals surface area contributed by atoms with Crippen LogP contribution in [0.3, 0.4) is 0 Å². The van der Waals surface area contributed by atoms with Crippen molar-refractivity contribution in [3.8, 4) is 16.9 Å². The first-order valence-electron chi connectivity index (χ1n) is 11.4. The van der Waals surface area contributed by atoms with Crippen molar-refractivity contribution in [2.24, 2.45) is 5.73 Å². The Balaban J connectivity index is 1.66. The molecule has 0 aliphatic heterocycles. The highest BCUT2D eigenvalue weighted by atomic mass is 16.5. The van der Waals surface area contributed by atoms with E-state index in [9.17, 15) is 9.90 Å². The summed E-state index contributed by atoms with van der Waals surface area (Å²) in [6, 6.07) is 19.5. The fourth-order valence-electron chi connectivity index (χ4n) is 3.95. The third kappa shape index (κ3) is 5.30. The summed E-state index contributed by atoms with van der Waals surface area (Å²) < 4.78 is 17.1. The normalized spacial score (nSPS) is 12.0. The highest BCUT2D eigenvalue weighted by Gasteiger charge is 2.15. The maximum absolute atomic E-state index is 12.1. The number of hydrogen-bond acceptors (Lipinski definition) is 6. The molecule has 0 aliphatic carbocycles. The molecule has 0 aliphatic rings. The van der Waals surface area contributed by atoms with Crippen LogP contribution < -0.4 is 10.5 Å². The van der Waals surface area contributed by atoms with Crippen molar-refractivity contribution in [2.45, 2.75) is 39.5 Å². The van der Waals surface area contributed by atoms with Gasteiger partial charge in [0.05, 0.1) is 25.4 Å². The number of aliphatic hydroxyl groups excluding tert-OH is 1. The predicted molar refractivity (Wildman–Crippen MR) is 131 cm³/mol. The molecule has 4 aromatic rings. The second kappa shape index (κ2) is 10.5. The fraction of sp³-hybridized carbons (Fsp3) is 0.250. The summed E-state index contributed by atoms with van der Waals surface area (Å²) in [4.78, 5) is 12.1. The van der Waals surface area contributed by atoms with Crippen LogP contribution >= 0.6 is 0 Å². The van der Waals surface area contributed by atoms with Gasteiger partial charge in [-0.3, -0.25) is 4.79 Å². The molecule has 6 nitrogen and oxygen atoms in total. The molecule has 1 aromatic heterocycles. The van der Waals surface area contributed by atoms with Crippen LogP contribution in [-0.2, 0) is 29.1 Å². The van der Waals surface area contributed by atoms with Crippen LogP contribution in [0.15, 0.2) is 71.3 Å². The third-order valence-electron chi connectivity index (χ3n) is 5.69. The lowest BCUT2D eigenvalue weighted by atomic mass is 9.99. The first-order chi connectivity index (χ1) is 16.5. The standard InChI is InChI=1S/C28H29NO5/c1-3-32-27(31)15-23-8-7-21(18(2)30)14-26(23)34-17-20-12-24-9-10-33-28(24)25(13-20)22-6-4-5-19(11-22)16-29/h4-14,18,30H,3,15-17,29H2,1-2H3. The van der Waals surface area contributed by atoms with Crippen LogP contribution in [0, 0.1) is 0 Å². The average molecular weight is 460 g/mol. The van der Waals surface area contributed by atoms with Gasteiger partial charge in [-0.15, -0.1) is 0 Å². The second-order valence-electron chi connectivity index (χ2n) is 8.20. The molecule has 176 valence electrons. The maximum atomic E-state index is 12.1. The Bertz CT molecular complexity index is 1290. The van der Waals surface area contributed by atoms with E-state index in [1.807, 2.05) is 36.4 Å². The van der Waals surface area contributed by atoms with E-state index in [2.05, 4.69) is 6.07 Å². The summed E-state index contributed by atoms with van der Waals surface area (Å²) in [6.07, 6.45) is 1.12. The second-order valence-corrected chi connectivity index (χ2v) is 8.20. The SMILES string of the molecule is CCOC(=O)Cc1ccc(C(C)O)cc1OCc1cc(-c2cccc(CN)c2)c2occc2c1. The molecule has 0 saturated heterocycles. The molecule has 1 heterocycles. The van der Waals surface area contributed by atoms with E-state index in [0.717, 1.165) is 33.2 Å². The Hall–Kier alpha value is -3.61. The molecule has 0 radical (unpaired) electrons. The Morgan fingerprint density at radius 3 is 2.71 bits per heavy atom. The van der Waals surface area contributed by atoms with Crippen molar-refractivity contribution in [3.63, 3.8) is 0 Å². The van der Waals surface area contributed by atoms with Gasteiger partial charge in [0, 0.05) is 23.1 Å². The first kappa shape index (κ1) is 23.5. The topological polar surface area (TPSA) is 94.9 Å². The van der Waals surface area contributed by atoms with Crippen LogP contribution in [0.4, 0.5) is 0 Å². The lowest BCUT2D eigenvalue weighted by molar-refractivity contribution is -0.142. The summed E-state index contributed by atoms with van der Waals surface area (Å²) in [5.74, 6) is 0.226. The minimum absolute atomic E-state index is 0.0984. The van der Waals surface area contributed by atoms with Crippen LogP contribution in [0.5, 0.6) is 5.75 Å². The summed E-state index contributed by atoms with van der Waals surface area (Å²) in [5, 5.41) is 11.0. The maximum Gasteiger partial charge on any atom is 0.310 e. The molecule has 0 bridgehead atoms.